The summed E-state index contributed by atoms with van der Waals surface area (Å²) in [6.07, 6.45) is -0.479. The van der Waals surface area contributed by atoms with Gasteiger partial charge in [0.15, 0.2) is 0 Å². The zero-order chi connectivity index (χ0) is 5.70. The van der Waals surface area contributed by atoms with Crippen LogP contribution in [0, 0.1) is 0 Å². The van der Waals surface area contributed by atoms with Crippen LogP contribution in [0.2, 0.25) is 0 Å². The maximum absolute atomic E-state index is 8.45. The van der Waals surface area contributed by atoms with E-state index in [1.807, 2.05) is 0 Å². The van der Waals surface area contributed by atoms with Gasteiger partial charge in [0.1, 0.15) is 6.79 Å². The largest absolute Gasteiger partial charge is 0.391 e. The number of aliphatic hydroxyl groups excluding tert-OH is 2. The lowest BCUT2D eigenvalue weighted by atomic mass is 10.5. The lowest BCUT2D eigenvalue weighted by Gasteiger charge is -2.00. The Kier molecular flexibility index (Phi) is 3.98. The summed E-state index contributed by atoms with van der Waals surface area (Å²) in [5.74, 6) is 0. The summed E-state index contributed by atoms with van der Waals surface area (Å²) in [6, 6.07) is 0. The van der Waals surface area contributed by atoms with Crippen molar-refractivity contribution >= 4 is 0 Å². The molecule has 0 aliphatic rings. The molecule has 0 amide bonds. The predicted molar refractivity (Wildman–Crippen MR) is 24.7 cm³/mol. The Bertz CT molecular complexity index is 35.9. The SMILES string of the molecule is CC(O)COCO. The molecular weight excluding hydrogens is 96.0 g/mol. The molecule has 0 bridgehead atoms. The molecule has 44 valence electrons. The van der Waals surface area contributed by atoms with E-state index < -0.39 is 6.10 Å². The lowest BCUT2D eigenvalue weighted by molar-refractivity contribution is -0.0367. The third-order valence-corrected chi connectivity index (χ3v) is 0.450. The Morgan fingerprint density at radius 1 is 1.71 bits per heavy atom. The maximum Gasteiger partial charge on any atom is 0.143 e. The lowest BCUT2D eigenvalue weighted by Crippen LogP contribution is -2.10. The van der Waals surface area contributed by atoms with Gasteiger partial charge >= 0.3 is 0 Å². The van der Waals surface area contributed by atoms with Crippen molar-refractivity contribution < 1.29 is 14.9 Å². The molecule has 0 aromatic carbocycles. The van der Waals surface area contributed by atoms with E-state index in [-0.39, 0.29) is 13.4 Å². The van der Waals surface area contributed by atoms with Crippen LogP contribution in [0.5, 0.6) is 0 Å². The predicted octanol–water partition coefficient (Wildman–Crippen LogP) is -0.666. The average Bonchev–Trinajstić information content (AvgIpc) is 1.61. The molecule has 0 spiro atoms. The van der Waals surface area contributed by atoms with Gasteiger partial charge in [-0.05, 0) is 6.92 Å². The van der Waals surface area contributed by atoms with E-state index in [2.05, 4.69) is 4.74 Å². The Balaban J connectivity index is 2.68. The van der Waals surface area contributed by atoms with Crippen LogP contribution in [-0.4, -0.2) is 29.7 Å². The quantitative estimate of drug-likeness (QED) is 0.469. The molecule has 0 aliphatic heterocycles. The van der Waals surface area contributed by atoms with E-state index in [0.717, 1.165) is 0 Å². The second kappa shape index (κ2) is 4.05. The Labute approximate surface area is 42.5 Å². The normalized spacial score (nSPS) is 14.1. The molecule has 2 N–H and O–H groups in total. The molecule has 0 aromatic heterocycles. The highest BCUT2D eigenvalue weighted by Gasteiger charge is 1.90. The van der Waals surface area contributed by atoms with Gasteiger partial charge in [-0.15, -0.1) is 0 Å². The van der Waals surface area contributed by atoms with Crippen LogP contribution in [0.4, 0.5) is 0 Å². The molecule has 0 rings (SSSR count). The van der Waals surface area contributed by atoms with Crippen molar-refractivity contribution in [3.8, 4) is 0 Å². The minimum atomic E-state index is -0.479. The van der Waals surface area contributed by atoms with E-state index >= 15 is 0 Å². The zero-order valence-corrected chi connectivity index (χ0v) is 4.29. The molecule has 7 heavy (non-hydrogen) atoms. The fourth-order valence-electron chi connectivity index (χ4n) is 0.223. The van der Waals surface area contributed by atoms with Gasteiger partial charge in [-0.25, -0.2) is 0 Å². The summed E-state index contributed by atoms with van der Waals surface area (Å²) in [7, 11) is 0. The van der Waals surface area contributed by atoms with Gasteiger partial charge in [0.25, 0.3) is 0 Å². The summed E-state index contributed by atoms with van der Waals surface area (Å²) in [6.45, 7) is 1.48. The van der Waals surface area contributed by atoms with Gasteiger partial charge in [0.05, 0.1) is 12.7 Å². The number of hydrogen-bond acceptors (Lipinski definition) is 3. The highest BCUT2D eigenvalue weighted by atomic mass is 16.6. The molecular formula is C4H10O3. The topological polar surface area (TPSA) is 49.7 Å². The smallest absolute Gasteiger partial charge is 0.143 e. The first kappa shape index (κ1) is 6.88. The third-order valence-electron chi connectivity index (χ3n) is 0.450. The van der Waals surface area contributed by atoms with Crippen molar-refractivity contribution in [2.24, 2.45) is 0 Å². The Morgan fingerprint density at radius 2 is 2.29 bits per heavy atom. The molecule has 3 nitrogen and oxygen atoms in total. The summed E-state index contributed by atoms with van der Waals surface area (Å²) < 4.78 is 4.40. The highest BCUT2D eigenvalue weighted by molar-refractivity contribution is 4.37. The molecule has 0 heterocycles. The molecule has 0 aromatic rings. The fraction of sp³-hybridized carbons (Fsp3) is 1.00. The molecule has 0 fully saturated rings. The van der Waals surface area contributed by atoms with E-state index in [0.29, 0.717) is 0 Å². The zero-order valence-electron chi connectivity index (χ0n) is 4.29. The van der Waals surface area contributed by atoms with Crippen LogP contribution in [0.1, 0.15) is 6.92 Å². The first-order valence-electron chi connectivity index (χ1n) is 2.14. The Hall–Kier alpha value is -0.120. The van der Waals surface area contributed by atoms with Crippen LogP contribution in [-0.2, 0) is 4.74 Å². The molecule has 0 saturated carbocycles. The second-order valence-electron chi connectivity index (χ2n) is 1.35. The molecule has 3 heteroatoms. The molecule has 0 saturated heterocycles. The minimum absolute atomic E-state index is 0.205. The van der Waals surface area contributed by atoms with Gasteiger partial charge < -0.3 is 14.9 Å². The van der Waals surface area contributed by atoms with Crippen molar-refractivity contribution in [3.63, 3.8) is 0 Å². The van der Waals surface area contributed by atoms with Crippen LogP contribution in [0.15, 0.2) is 0 Å². The first-order valence-corrected chi connectivity index (χ1v) is 2.14. The molecule has 0 radical (unpaired) electrons. The maximum atomic E-state index is 8.45. The van der Waals surface area contributed by atoms with Gasteiger partial charge in [-0.2, -0.15) is 0 Å². The number of ether oxygens (including phenoxy) is 1. The summed E-state index contributed by atoms with van der Waals surface area (Å²) in [5.41, 5.74) is 0. The first-order chi connectivity index (χ1) is 3.27. The van der Waals surface area contributed by atoms with Gasteiger partial charge in [-0.1, -0.05) is 0 Å². The van der Waals surface area contributed by atoms with E-state index in [9.17, 15) is 0 Å². The summed E-state index contributed by atoms with van der Waals surface area (Å²) in [4.78, 5) is 0. The van der Waals surface area contributed by atoms with Crippen LogP contribution < -0.4 is 0 Å². The van der Waals surface area contributed by atoms with Crippen molar-refractivity contribution in [1.29, 1.82) is 0 Å². The van der Waals surface area contributed by atoms with Gasteiger partial charge in [0, 0.05) is 0 Å². The molecule has 0 aliphatic carbocycles. The number of hydrogen-bond donors (Lipinski definition) is 2. The average molecular weight is 106 g/mol. The van der Waals surface area contributed by atoms with E-state index in [1.165, 1.54) is 0 Å². The van der Waals surface area contributed by atoms with Crippen molar-refractivity contribution in [2.75, 3.05) is 13.4 Å². The van der Waals surface area contributed by atoms with E-state index in [1.54, 1.807) is 6.92 Å². The van der Waals surface area contributed by atoms with Crippen molar-refractivity contribution in [3.05, 3.63) is 0 Å². The van der Waals surface area contributed by atoms with Crippen molar-refractivity contribution in [2.45, 2.75) is 13.0 Å². The minimum Gasteiger partial charge on any atom is -0.391 e. The Morgan fingerprint density at radius 3 is 2.43 bits per heavy atom. The fourth-order valence-corrected chi connectivity index (χ4v) is 0.223. The van der Waals surface area contributed by atoms with Crippen LogP contribution in [0.25, 0.3) is 0 Å². The van der Waals surface area contributed by atoms with Crippen LogP contribution >= 0.6 is 0 Å². The highest BCUT2D eigenvalue weighted by Crippen LogP contribution is 1.78. The standard InChI is InChI=1S/C4H10O3/c1-4(6)2-7-3-5/h4-6H,2-3H2,1H3. The van der Waals surface area contributed by atoms with Gasteiger partial charge in [-0.3, -0.25) is 0 Å². The third kappa shape index (κ3) is 5.88. The number of aliphatic hydroxyl groups is 2. The van der Waals surface area contributed by atoms with E-state index in [4.69, 9.17) is 10.2 Å². The molecule has 1 unspecified atom stereocenters. The molecule has 1 atom stereocenters. The van der Waals surface area contributed by atoms with Crippen molar-refractivity contribution in [1.82, 2.24) is 0 Å². The number of rotatable bonds is 3. The summed E-state index contributed by atoms with van der Waals surface area (Å²) in [5, 5.41) is 16.4. The summed E-state index contributed by atoms with van der Waals surface area (Å²) >= 11 is 0. The monoisotopic (exact) mass is 106 g/mol. The second-order valence-corrected chi connectivity index (χ2v) is 1.35. The van der Waals surface area contributed by atoms with Crippen LogP contribution in [0.3, 0.4) is 0 Å². The van der Waals surface area contributed by atoms with Gasteiger partial charge in [0.2, 0.25) is 0 Å².